The van der Waals surface area contributed by atoms with Gasteiger partial charge >= 0.3 is 0 Å². The lowest BCUT2D eigenvalue weighted by atomic mass is 10.2. The molecule has 0 saturated heterocycles. The maximum Gasteiger partial charge on any atom is 0.244 e. The second-order valence-electron chi connectivity index (χ2n) is 6.43. The Hall–Kier alpha value is -0.850. The minimum Gasteiger partial charge on any atom is -0.346 e. The van der Waals surface area contributed by atoms with Crippen LogP contribution in [0.2, 0.25) is 0 Å². The molecule has 1 rings (SSSR count). The Kier molecular flexibility index (Phi) is 6.01. The summed E-state index contributed by atoms with van der Waals surface area (Å²) in [4.78, 5) is 0.339. The van der Waals surface area contributed by atoms with E-state index in [1.165, 1.54) is 0 Å². The van der Waals surface area contributed by atoms with Crippen LogP contribution in [0.3, 0.4) is 0 Å². The Balaban J connectivity index is 3.28. The minimum atomic E-state index is -3.48. The predicted octanol–water partition coefficient (Wildman–Crippen LogP) is 2.58. The number of nitrogens with two attached hydrogens (primary N) is 1. The lowest BCUT2D eigenvalue weighted by Gasteiger charge is -2.27. The summed E-state index contributed by atoms with van der Waals surface area (Å²) >= 11 is 0. The largest absolute Gasteiger partial charge is 0.346 e. The average Bonchev–Trinajstić information content (AvgIpc) is 2.80. The molecular weight excluding hydrogens is 286 g/mol. The van der Waals surface area contributed by atoms with E-state index >= 15 is 0 Å². The highest BCUT2D eigenvalue weighted by molar-refractivity contribution is 7.89. The molecule has 0 spiro atoms. The first-order chi connectivity index (χ1) is 9.61. The Labute approximate surface area is 129 Å². The topological polar surface area (TPSA) is 68.3 Å². The van der Waals surface area contributed by atoms with Crippen molar-refractivity contribution in [3.8, 4) is 0 Å². The molecule has 0 atom stereocenters. The van der Waals surface area contributed by atoms with Crippen LogP contribution in [0.15, 0.2) is 17.2 Å². The van der Waals surface area contributed by atoms with Crippen LogP contribution in [-0.4, -0.2) is 29.9 Å². The monoisotopic (exact) mass is 315 g/mol. The molecule has 0 saturated carbocycles. The van der Waals surface area contributed by atoms with Crippen molar-refractivity contribution in [2.24, 2.45) is 11.7 Å². The highest BCUT2D eigenvalue weighted by Gasteiger charge is 2.29. The van der Waals surface area contributed by atoms with Crippen LogP contribution in [0.25, 0.3) is 0 Å². The molecule has 1 aromatic heterocycles. The smallest absolute Gasteiger partial charge is 0.244 e. The van der Waals surface area contributed by atoms with E-state index in [0.29, 0.717) is 18.0 Å². The second kappa shape index (κ2) is 6.94. The van der Waals surface area contributed by atoms with Gasteiger partial charge in [-0.15, -0.1) is 0 Å². The van der Waals surface area contributed by atoms with E-state index in [2.05, 4.69) is 0 Å². The molecule has 0 amide bonds. The van der Waals surface area contributed by atoms with Gasteiger partial charge < -0.3 is 10.3 Å². The standard InChI is InChI=1S/C15H29N3O2S/c1-11(2)9-18(13(5)6)21(19,20)15-7-14(8-16)17(10-15)12(3)4/h7,10-13H,8-9,16H2,1-6H3. The third-order valence-electron chi connectivity index (χ3n) is 3.40. The van der Waals surface area contributed by atoms with Crippen molar-refractivity contribution in [2.45, 2.75) is 65.1 Å². The fraction of sp³-hybridized carbons (Fsp3) is 0.733. The van der Waals surface area contributed by atoms with Gasteiger partial charge in [0.1, 0.15) is 4.90 Å². The van der Waals surface area contributed by atoms with Crippen molar-refractivity contribution in [3.63, 3.8) is 0 Å². The predicted molar refractivity (Wildman–Crippen MR) is 86.6 cm³/mol. The van der Waals surface area contributed by atoms with Crippen molar-refractivity contribution in [1.29, 1.82) is 0 Å². The quantitative estimate of drug-likeness (QED) is 0.841. The van der Waals surface area contributed by atoms with E-state index in [-0.39, 0.29) is 18.0 Å². The molecule has 2 N–H and O–H groups in total. The van der Waals surface area contributed by atoms with Crippen molar-refractivity contribution in [3.05, 3.63) is 18.0 Å². The van der Waals surface area contributed by atoms with E-state index in [1.54, 1.807) is 16.6 Å². The number of rotatable bonds is 7. The van der Waals surface area contributed by atoms with Crippen molar-refractivity contribution >= 4 is 10.0 Å². The van der Waals surface area contributed by atoms with E-state index in [9.17, 15) is 8.42 Å². The molecule has 122 valence electrons. The zero-order valence-electron chi connectivity index (χ0n) is 14.0. The summed E-state index contributed by atoms with van der Waals surface area (Å²) < 4.78 is 29.3. The van der Waals surface area contributed by atoms with Crippen LogP contribution >= 0.6 is 0 Å². The van der Waals surface area contributed by atoms with E-state index < -0.39 is 10.0 Å². The summed E-state index contributed by atoms with van der Waals surface area (Å²) in [6.07, 6.45) is 1.71. The Morgan fingerprint density at radius 2 is 1.76 bits per heavy atom. The van der Waals surface area contributed by atoms with Gasteiger partial charge in [-0.25, -0.2) is 8.42 Å². The number of nitrogens with zero attached hydrogens (tertiary/aromatic N) is 2. The molecule has 0 aliphatic heterocycles. The summed E-state index contributed by atoms with van der Waals surface area (Å²) in [6, 6.07) is 1.82. The van der Waals surface area contributed by atoms with Crippen LogP contribution in [0, 0.1) is 5.92 Å². The highest BCUT2D eigenvalue weighted by Crippen LogP contribution is 2.24. The molecule has 0 aliphatic rings. The molecule has 0 fully saturated rings. The minimum absolute atomic E-state index is 0.0684. The number of aromatic nitrogens is 1. The van der Waals surface area contributed by atoms with Crippen molar-refractivity contribution in [1.82, 2.24) is 8.87 Å². The van der Waals surface area contributed by atoms with Gasteiger partial charge in [-0.3, -0.25) is 0 Å². The molecule has 0 aliphatic carbocycles. The zero-order valence-corrected chi connectivity index (χ0v) is 14.8. The normalized spacial score (nSPS) is 13.1. The Bertz CT molecular complexity index is 559. The molecule has 21 heavy (non-hydrogen) atoms. The fourth-order valence-electron chi connectivity index (χ4n) is 2.36. The van der Waals surface area contributed by atoms with Gasteiger partial charge in [-0.05, 0) is 39.7 Å². The summed E-state index contributed by atoms with van der Waals surface area (Å²) in [7, 11) is -3.48. The van der Waals surface area contributed by atoms with Crippen LogP contribution in [0.5, 0.6) is 0 Å². The first-order valence-corrected chi connectivity index (χ1v) is 8.97. The lowest BCUT2D eigenvalue weighted by molar-refractivity contribution is 0.319. The summed E-state index contributed by atoms with van der Waals surface area (Å²) in [5.41, 5.74) is 6.58. The van der Waals surface area contributed by atoms with E-state index in [4.69, 9.17) is 5.73 Å². The molecule has 1 heterocycles. The average molecular weight is 315 g/mol. The molecule has 5 nitrogen and oxygen atoms in total. The second-order valence-corrected chi connectivity index (χ2v) is 8.33. The van der Waals surface area contributed by atoms with Gasteiger partial charge in [0.05, 0.1) is 0 Å². The maximum atomic E-state index is 12.9. The van der Waals surface area contributed by atoms with E-state index in [1.807, 2.05) is 46.1 Å². The molecular formula is C15H29N3O2S. The maximum absolute atomic E-state index is 12.9. The number of hydrogen-bond donors (Lipinski definition) is 1. The van der Waals surface area contributed by atoms with Crippen LogP contribution in [0.4, 0.5) is 0 Å². The Morgan fingerprint density at radius 3 is 2.10 bits per heavy atom. The van der Waals surface area contributed by atoms with Crippen molar-refractivity contribution < 1.29 is 8.42 Å². The van der Waals surface area contributed by atoms with Gasteiger partial charge in [0, 0.05) is 37.1 Å². The number of hydrogen-bond acceptors (Lipinski definition) is 3. The van der Waals surface area contributed by atoms with Crippen molar-refractivity contribution in [2.75, 3.05) is 6.54 Å². The van der Waals surface area contributed by atoms with Crippen LogP contribution < -0.4 is 5.73 Å². The molecule has 0 aromatic carbocycles. The highest BCUT2D eigenvalue weighted by atomic mass is 32.2. The SMILES string of the molecule is CC(C)CN(C(C)C)S(=O)(=O)c1cc(CN)n(C(C)C)c1. The van der Waals surface area contributed by atoms with Crippen LogP contribution in [-0.2, 0) is 16.6 Å². The van der Waals surface area contributed by atoms with Gasteiger partial charge in [0.25, 0.3) is 0 Å². The molecule has 0 bridgehead atoms. The third kappa shape index (κ3) is 4.08. The lowest BCUT2D eigenvalue weighted by Crippen LogP contribution is -2.39. The first kappa shape index (κ1) is 18.2. The molecule has 1 aromatic rings. The van der Waals surface area contributed by atoms with E-state index in [0.717, 1.165) is 5.69 Å². The molecule has 0 unspecified atom stereocenters. The molecule has 0 radical (unpaired) electrons. The summed E-state index contributed by atoms with van der Waals surface area (Å²) in [6.45, 7) is 12.7. The summed E-state index contributed by atoms with van der Waals surface area (Å²) in [5, 5.41) is 0. The van der Waals surface area contributed by atoms with Crippen LogP contribution in [0.1, 0.15) is 53.3 Å². The Morgan fingerprint density at radius 1 is 1.19 bits per heavy atom. The molecule has 6 heteroatoms. The fourth-order valence-corrected chi connectivity index (χ4v) is 4.22. The zero-order chi connectivity index (χ0) is 16.4. The van der Waals surface area contributed by atoms with Gasteiger partial charge in [-0.1, -0.05) is 13.8 Å². The first-order valence-electron chi connectivity index (χ1n) is 7.53. The number of sulfonamides is 1. The van der Waals surface area contributed by atoms with Gasteiger partial charge in [0.15, 0.2) is 0 Å². The van der Waals surface area contributed by atoms with Gasteiger partial charge in [0.2, 0.25) is 10.0 Å². The van der Waals surface area contributed by atoms with Gasteiger partial charge in [-0.2, -0.15) is 4.31 Å². The third-order valence-corrected chi connectivity index (χ3v) is 5.41. The summed E-state index contributed by atoms with van der Waals surface area (Å²) in [5.74, 6) is 0.281.